The van der Waals surface area contributed by atoms with Gasteiger partial charge in [0.2, 0.25) is 0 Å². The number of hydrogen-bond donors (Lipinski definition) is 2. The smallest absolute Gasteiger partial charge is 0.416 e. The first-order chi connectivity index (χ1) is 9.63. The molecule has 0 bridgehead atoms. The number of nitrogens with zero attached hydrogens (tertiary/aromatic N) is 2. The van der Waals surface area contributed by atoms with Gasteiger partial charge in [-0.3, -0.25) is 0 Å². The molecule has 116 valence electrons. The molecule has 0 atom stereocenters. The summed E-state index contributed by atoms with van der Waals surface area (Å²) in [6.45, 7) is 0. The van der Waals surface area contributed by atoms with E-state index in [0.717, 1.165) is 12.1 Å². The first kappa shape index (κ1) is 16.7. The monoisotopic (exact) mass is 302 g/mol. The standard InChI is InChI=1S/C13H17F3N4O/c1-20(2)12(18)7-11(17)19-9-4-8(13(14,15)16)5-10(6-9)21-3/h4-7H,18H2,1-3H3,(H2,17,19). The minimum Gasteiger partial charge on any atom is -0.497 e. The summed E-state index contributed by atoms with van der Waals surface area (Å²) < 4.78 is 43.1. The summed E-state index contributed by atoms with van der Waals surface area (Å²) in [5.41, 5.74) is 10.5. The molecule has 4 N–H and O–H groups in total. The molecular weight excluding hydrogens is 285 g/mol. The van der Waals surface area contributed by atoms with E-state index in [1.807, 2.05) is 0 Å². The van der Waals surface area contributed by atoms with Crippen LogP contribution in [0.1, 0.15) is 5.56 Å². The summed E-state index contributed by atoms with van der Waals surface area (Å²) >= 11 is 0. The summed E-state index contributed by atoms with van der Waals surface area (Å²) in [5.74, 6) is 0.360. The highest BCUT2D eigenvalue weighted by Crippen LogP contribution is 2.34. The summed E-state index contributed by atoms with van der Waals surface area (Å²) in [5, 5.41) is 0. The molecular formula is C13H17F3N4O. The average molecular weight is 302 g/mol. The van der Waals surface area contributed by atoms with Gasteiger partial charge in [0.25, 0.3) is 0 Å². The molecule has 0 aliphatic carbocycles. The van der Waals surface area contributed by atoms with Crippen LogP contribution >= 0.6 is 0 Å². The number of halogens is 3. The highest BCUT2D eigenvalue weighted by Gasteiger charge is 2.31. The second kappa shape index (κ2) is 6.38. The highest BCUT2D eigenvalue weighted by atomic mass is 19.4. The predicted octanol–water partition coefficient (Wildman–Crippen LogP) is 2.06. The van der Waals surface area contributed by atoms with Gasteiger partial charge in [0.15, 0.2) is 0 Å². The van der Waals surface area contributed by atoms with Gasteiger partial charge in [-0.2, -0.15) is 13.2 Å². The maximum absolute atomic E-state index is 12.8. The van der Waals surface area contributed by atoms with Crippen molar-refractivity contribution >= 4 is 11.5 Å². The Hall–Kier alpha value is -2.38. The third-order valence-electron chi connectivity index (χ3n) is 2.52. The number of nitrogens with two attached hydrogens (primary N) is 2. The lowest BCUT2D eigenvalue weighted by Gasteiger charge is -2.12. The molecule has 0 saturated carbocycles. The van der Waals surface area contributed by atoms with E-state index in [0.29, 0.717) is 5.82 Å². The second-order valence-corrected chi connectivity index (χ2v) is 4.42. The molecule has 0 fully saturated rings. The molecule has 0 unspecified atom stereocenters. The number of aliphatic imine (C=N–C) groups is 1. The molecule has 21 heavy (non-hydrogen) atoms. The quantitative estimate of drug-likeness (QED) is 0.659. The van der Waals surface area contributed by atoms with E-state index in [4.69, 9.17) is 16.2 Å². The van der Waals surface area contributed by atoms with E-state index in [9.17, 15) is 13.2 Å². The van der Waals surface area contributed by atoms with Crippen LogP contribution in [0.25, 0.3) is 0 Å². The van der Waals surface area contributed by atoms with Crippen molar-refractivity contribution in [1.82, 2.24) is 4.90 Å². The first-order valence-corrected chi connectivity index (χ1v) is 5.88. The highest BCUT2D eigenvalue weighted by molar-refractivity contribution is 5.93. The second-order valence-electron chi connectivity index (χ2n) is 4.42. The maximum atomic E-state index is 12.8. The Balaban J connectivity index is 3.22. The van der Waals surface area contributed by atoms with Gasteiger partial charge in [0, 0.05) is 26.2 Å². The van der Waals surface area contributed by atoms with Gasteiger partial charge in [0.05, 0.1) is 18.4 Å². The minimum atomic E-state index is -4.49. The fourth-order valence-corrected chi connectivity index (χ4v) is 1.39. The number of rotatable bonds is 4. The largest absolute Gasteiger partial charge is 0.497 e. The molecule has 0 aliphatic rings. The van der Waals surface area contributed by atoms with Crippen molar-refractivity contribution in [2.45, 2.75) is 6.18 Å². The molecule has 0 spiro atoms. The van der Waals surface area contributed by atoms with Gasteiger partial charge in [0.1, 0.15) is 17.4 Å². The van der Waals surface area contributed by atoms with Crippen molar-refractivity contribution in [3.05, 3.63) is 35.7 Å². The summed E-state index contributed by atoms with van der Waals surface area (Å²) in [4.78, 5) is 5.49. The van der Waals surface area contributed by atoms with Gasteiger partial charge in [-0.25, -0.2) is 4.99 Å². The molecule has 0 saturated heterocycles. The maximum Gasteiger partial charge on any atom is 0.416 e. The van der Waals surface area contributed by atoms with Crippen LogP contribution in [0.15, 0.2) is 35.1 Å². The Morgan fingerprint density at radius 2 is 1.86 bits per heavy atom. The van der Waals surface area contributed by atoms with Crippen LogP contribution in [0, 0.1) is 0 Å². The van der Waals surface area contributed by atoms with E-state index >= 15 is 0 Å². The Kier molecular flexibility index (Phi) is 5.07. The number of benzene rings is 1. The fourth-order valence-electron chi connectivity index (χ4n) is 1.39. The Bertz CT molecular complexity index is 565. The zero-order valence-electron chi connectivity index (χ0n) is 11.9. The van der Waals surface area contributed by atoms with Gasteiger partial charge in [-0.05, 0) is 12.1 Å². The summed E-state index contributed by atoms with van der Waals surface area (Å²) in [7, 11) is 4.68. The van der Waals surface area contributed by atoms with Crippen LogP contribution in [0.2, 0.25) is 0 Å². The lowest BCUT2D eigenvalue weighted by Crippen LogP contribution is -2.21. The molecule has 1 rings (SSSR count). The molecule has 8 heteroatoms. The number of hydrogen-bond acceptors (Lipinski definition) is 4. The van der Waals surface area contributed by atoms with Gasteiger partial charge in [-0.1, -0.05) is 0 Å². The Morgan fingerprint density at radius 3 is 2.33 bits per heavy atom. The van der Waals surface area contributed by atoms with Crippen LogP contribution in [0.3, 0.4) is 0 Å². The zero-order valence-corrected chi connectivity index (χ0v) is 11.9. The van der Waals surface area contributed by atoms with Crippen molar-refractivity contribution in [1.29, 1.82) is 0 Å². The molecule has 0 aromatic heterocycles. The molecule has 1 aromatic carbocycles. The van der Waals surface area contributed by atoms with E-state index < -0.39 is 11.7 Å². The lowest BCUT2D eigenvalue weighted by molar-refractivity contribution is -0.137. The fraction of sp³-hybridized carbons (Fsp3) is 0.308. The van der Waals surface area contributed by atoms with Gasteiger partial charge < -0.3 is 21.1 Å². The third kappa shape index (κ3) is 4.90. The molecule has 5 nitrogen and oxygen atoms in total. The van der Waals surface area contributed by atoms with Crippen molar-refractivity contribution in [3.8, 4) is 5.75 Å². The SMILES string of the molecule is COc1cc(N=C(N)C=C(N)N(C)C)cc(C(F)(F)F)c1. The van der Waals surface area contributed by atoms with E-state index in [1.54, 1.807) is 19.0 Å². The van der Waals surface area contributed by atoms with Gasteiger partial charge >= 0.3 is 6.18 Å². The molecule has 0 amide bonds. The van der Waals surface area contributed by atoms with E-state index in [2.05, 4.69) is 4.99 Å². The van der Waals surface area contributed by atoms with Crippen molar-refractivity contribution in [2.75, 3.05) is 21.2 Å². The summed E-state index contributed by atoms with van der Waals surface area (Å²) in [6, 6.07) is 3.12. The first-order valence-electron chi connectivity index (χ1n) is 5.88. The normalized spacial score (nSPS) is 13.2. The molecule has 0 aliphatic heterocycles. The number of amidine groups is 1. The number of methoxy groups -OCH3 is 1. The molecule has 1 aromatic rings. The third-order valence-corrected chi connectivity index (χ3v) is 2.52. The lowest BCUT2D eigenvalue weighted by atomic mass is 10.2. The minimum absolute atomic E-state index is 0.0115. The van der Waals surface area contributed by atoms with Gasteiger partial charge in [-0.15, -0.1) is 0 Å². The average Bonchev–Trinajstić information content (AvgIpc) is 2.36. The van der Waals surface area contributed by atoms with Crippen LogP contribution in [-0.4, -0.2) is 31.9 Å². The van der Waals surface area contributed by atoms with Crippen LogP contribution < -0.4 is 16.2 Å². The Labute approximate surface area is 120 Å². The topological polar surface area (TPSA) is 76.9 Å². The molecule has 0 heterocycles. The molecule has 0 radical (unpaired) electrons. The Morgan fingerprint density at radius 1 is 1.24 bits per heavy atom. The number of alkyl halides is 3. The van der Waals surface area contributed by atoms with Crippen LogP contribution in [-0.2, 0) is 6.18 Å². The van der Waals surface area contributed by atoms with Crippen LogP contribution in [0.5, 0.6) is 5.75 Å². The van der Waals surface area contributed by atoms with E-state index in [-0.39, 0.29) is 17.3 Å². The van der Waals surface area contributed by atoms with E-state index in [1.165, 1.54) is 19.3 Å². The summed E-state index contributed by atoms with van der Waals surface area (Å²) in [6.07, 6.45) is -3.14. The predicted molar refractivity (Wildman–Crippen MR) is 75.2 cm³/mol. The van der Waals surface area contributed by atoms with Crippen molar-refractivity contribution < 1.29 is 17.9 Å². The van der Waals surface area contributed by atoms with Crippen LogP contribution in [0.4, 0.5) is 18.9 Å². The van der Waals surface area contributed by atoms with Crippen molar-refractivity contribution in [3.63, 3.8) is 0 Å². The number of ether oxygens (including phenoxy) is 1. The van der Waals surface area contributed by atoms with Crippen molar-refractivity contribution in [2.24, 2.45) is 16.5 Å². The zero-order chi connectivity index (χ0) is 16.2.